The molecule has 1 aliphatic carbocycles. The van der Waals surface area contributed by atoms with Gasteiger partial charge >= 0.3 is 0 Å². The van der Waals surface area contributed by atoms with E-state index >= 15 is 0 Å². The predicted octanol–water partition coefficient (Wildman–Crippen LogP) is 3.10. The molecule has 2 atom stereocenters. The van der Waals surface area contributed by atoms with Gasteiger partial charge in [-0.3, -0.25) is 4.79 Å². The third-order valence-corrected chi connectivity index (χ3v) is 4.57. The summed E-state index contributed by atoms with van der Waals surface area (Å²) < 4.78 is 5.54. The molecule has 1 heterocycles. The molecule has 2 aliphatic rings. The monoisotopic (exact) mass is 358 g/mol. The maximum Gasteiger partial charge on any atom is 0.234 e. The van der Waals surface area contributed by atoms with Crippen molar-refractivity contribution in [2.75, 3.05) is 19.7 Å². The number of amides is 1. The van der Waals surface area contributed by atoms with Crippen molar-refractivity contribution in [3.63, 3.8) is 0 Å². The number of hydrogen-bond acceptors (Lipinski definition) is 3. The van der Waals surface area contributed by atoms with Crippen LogP contribution in [0.1, 0.15) is 37.3 Å². The van der Waals surface area contributed by atoms with Gasteiger partial charge in [0.05, 0.1) is 18.7 Å². The second kappa shape index (κ2) is 8.88. The number of hydrogen-bond donors (Lipinski definition) is 2. The van der Waals surface area contributed by atoms with E-state index in [0.717, 1.165) is 36.6 Å². The zero-order valence-corrected chi connectivity index (χ0v) is 14.7. The first-order chi connectivity index (χ1) is 10.7. The lowest BCUT2D eigenvalue weighted by Gasteiger charge is -2.19. The van der Waals surface area contributed by atoms with Gasteiger partial charge in [0.1, 0.15) is 0 Å². The molecule has 1 aromatic carbocycles. The molecule has 4 nitrogen and oxygen atoms in total. The summed E-state index contributed by atoms with van der Waals surface area (Å²) in [4.78, 5) is 12.2. The Bertz CT molecular complexity index is 500. The van der Waals surface area contributed by atoms with Crippen LogP contribution in [-0.2, 0) is 9.53 Å². The van der Waals surface area contributed by atoms with Crippen LogP contribution < -0.4 is 10.6 Å². The highest BCUT2D eigenvalue weighted by atomic mass is 35.5. The largest absolute Gasteiger partial charge is 0.377 e. The molecular weight excluding hydrogens is 335 g/mol. The second-order valence-corrected chi connectivity index (χ2v) is 6.64. The Balaban J connectivity index is 0.00000192. The summed E-state index contributed by atoms with van der Waals surface area (Å²) in [7, 11) is 0. The van der Waals surface area contributed by atoms with Crippen molar-refractivity contribution in [1.82, 2.24) is 10.6 Å². The highest BCUT2D eigenvalue weighted by Crippen LogP contribution is 2.41. The summed E-state index contributed by atoms with van der Waals surface area (Å²) in [5.74, 6) is 0.605. The molecule has 0 radical (unpaired) electrons. The van der Waals surface area contributed by atoms with Gasteiger partial charge in [0.2, 0.25) is 5.91 Å². The quantitative estimate of drug-likeness (QED) is 0.787. The molecule has 2 N–H and O–H groups in total. The number of carbonyl (C=O) groups excluding carboxylic acids is 1. The average molecular weight is 359 g/mol. The Morgan fingerprint density at radius 3 is 2.61 bits per heavy atom. The van der Waals surface area contributed by atoms with Crippen molar-refractivity contribution in [2.45, 2.75) is 37.8 Å². The molecule has 128 valence electrons. The molecule has 3 rings (SSSR count). The van der Waals surface area contributed by atoms with Gasteiger partial charge in [-0.2, -0.15) is 0 Å². The standard InChI is InChI=1S/C17H23ClN2O2.ClH/c18-14-7-5-13(6-8-14)17(12-3-4-12)20-16(21)11-19-10-15-2-1-9-22-15;/h5-8,12,15,17,19H,1-4,9-11H2,(H,20,21);1H. The number of carbonyl (C=O) groups is 1. The van der Waals surface area contributed by atoms with Crippen LogP contribution in [0.25, 0.3) is 0 Å². The minimum Gasteiger partial charge on any atom is -0.377 e. The number of nitrogens with one attached hydrogen (secondary N) is 2. The van der Waals surface area contributed by atoms with E-state index in [4.69, 9.17) is 16.3 Å². The van der Waals surface area contributed by atoms with Crippen molar-refractivity contribution in [2.24, 2.45) is 5.92 Å². The third-order valence-electron chi connectivity index (χ3n) is 4.32. The Kier molecular flexibility index (Phi) is 7.15. The van der Waals surface area contributed by atoms with Crippen molar-refractivity contribution in [3.05, 3.63) is 34.9 Å². The second-order valence-electron chi connectivity index (χ2n) is 6.20. The average Bonchev–Trinajstić information content (AvgIpc) is 3.23. The van der Waals surface area contributed by atoms with Gasteiger partial charge in [-0.25, -0.2) is 0 Å². The maximum atomic E-state index is 12.2. The highest BCUT2D eigenvalue weighted by Gasteiger charge is 2.33. The highest BCUT2D eigenvalue weighted by molar-refractivity contribution is 6.30. The van der Waals surface area contributed by atoms with E-state index in [9.17, 15) is 4.79 Å². The SMILES string of the molecule is Cl.O=C(CNCC1CCCO1)NC(c1ccc(Cl)cc1)C1CC1. The van der Waals surface area contributed by atoms with Gasteiger partial charge < -0.3 is 15.4 Å². The van der Waals surface area contributed by atoms with E-state index in [2.05, 4.69) is 10.6 Å². The molecule has 1 saturated carbocycles. The van der Waals surface area contributed by atoms with Crippen LogP contribution in [0.4, 0.5) is 0 Å². The van der Waals surface area contributed by atoms with Gasteiger partial charge in [-0.15, -0.1) is 12.4 Å². The zero-order valence-electron chi connectivity index (χ0n) is 13.1. The summed E-state index contributed by atoms with van der Waals surface area (Å²) in [6, 6.07) is 7.88. The lowest BCUT2D eigenvalue weighted by atomic mass is 10.0. The predicted molar refractivity (Wildman–Crippen MR) is 94.2 cm³/mol. The third kappa shape index (κ3) is 5.64. The molecule has 0 spiro atoms. The Morgan fingerprint density at radius 2 is 2.00 bits per heavy atom. The summed E-state index contributed by atoms with van der Waals surface area (Å²) in [5.41, 5.74) is 1.14. The minimum absolute atomic E-state index is 0. The molecule has 23 heavy (non-hydrogen) atoms. The van der Waals surface area contributed by atoms with Crippen LogP contribution in [0, 0.1) is 5.92 Å². The molecule has 0 bridgehead atoms. The maximum absolute atomic E-state index is 12.2. The number of ether oxygens (including phenoxy) is 1. The molecule has 1 amide bonds. The fraction of sp³-hybridized carbons (Fsp3) is 0.588. The minimum atomic E-state index is 0. The van der Waals surface area contributed by atoms with Gasteiger partial charge in [-0.05, 0) is 49.3 Å². The normalized spacial score (nSPS) is 21.5. The fourth-order valence-corrected chi connectivity index (χ4v) is 3.08. The van der Waals surface area contributed by atoms with E-state index in [1.54, 1.807) is 0 Å². The first-order valence-corrected chi connectivity index (χ1v) is 8.47. The van der Waals surface area contributed by atoms with Crippen molar-refractivity contribution in [3.8, 4) is 0 Å². The molecule has 6 heteroatoms. The fourth-order valence-electron chi connectivity index (χ4n) is 2.95. The molecule has 0 aromatic heterocycles. The van der Waals surface area contributed by atoms with E-state index in [1.807, 2.05) is 24.3 Å². The van der Waals surface area contributed by atoms with Crippen LogP contribution >= 0.6 is 24.0 Å². The first kappa shape index (κ1) is 18.5. The van der Waals surface area contributed by atoms with Gasteiger partial charge in [0, 0.05) is 18.2 Å². The Labute approximate surface area is 148 Å². The first-order valence-electron chi connectivity index (χ1n) is 8.09. The van der Waals surface area contributed by atoms with Gasteiger partial charge in [0.25, 0.3) is 0 Å². The zero-order chi connectivity index (χ0) is 15.4. The number of benzene rings is 1. The van der Waals surface area contributed by atoms with E-state index in [1.165, 1.54) is 12.8 Å². The van der Waals surface area contributed by atoms with Gasteiger partial charge in [0.15, 0.2) is 0 Å². The summed E-state index contributed by atoms with van der Waals surface area (Å²) in [6.07, 6.45) is 4.83. The number of halogens is 2. The molecule has 2 fully saturated rings. The van der Waals surface area contributed by atoms with Crippen LogP contribution in [-0.4, -0.2) is 31.7 Å². The number of rotatable bonds is 7. The van der Waals surface area contributed by atoms with E-state index in [-0.39, 0.29) is 30.5 Å². The lowest BCUT2D eigenvalue weighted by molar-refractivity contribution is -0.121. The molecule has 1 aromatic rings. The molecule has 2 unspecified atom stereocenters. The van der Waals surface area contributed by atoms with Crippen molar-refractivity contribution in [1.29, 1.82) is 0 Å². The van der Waals surface area contributed by atoms with Crippen LogP contribution in [0.3, 0.4) is 0 Å². The van der Waals surface area contributed by atoms with Crippen molar-refractivity contribution < 1.29 is 9.53 Å². The molecular formula is C17H24Cl2N2O2. The van der Waals surface area contributed by atoms with E-state index < -0.39 is 0 Å². The van der Waals surface area contributed by atoms with Crippen LogP contribution in [0.2, 0.25) is 5.02 Å². The lowest BCUT2D eigenvalue weighted by Crippen LogP contribution is -2.39. The van der Waals surface area contributed by atoms with E-state index in [0.29, 0.717) is 12.5 Å². The van der Waals surface area contributed by atoms with Gasteiger partial charge in [-0.1, -0.05) is 23.7 Å². The van der Waals surface area contributed by atoms with Crippen molar-refractivity contribution >= 4 is 29.9 Å². The molecule has 1 aliphatic heterocycles. The smallest absolute Gasteiger partial charge is 0.234 e. The molecule has 1 saturated heterocycles. The van der Waals surface area contributed by atoms with Crippen LogP contribution in [0.5, 0.6) is 0 Å². The Morgan fingerprint density at radius 1 is 1.26 bits per heavy atom. The summed E-state index contributed by atoms with van der Waals surface area (Å²) in [5, 5.41) is 7.07. The Hall–Kier alpha value is -0.810. The summed E-state index contributed by atoms with van der Waals surface area (Å²) >= 11 is 5.94. The topological polar surface area (TPSA) is 50.4 Å². The van der Waals surface area contributed by atoms with Crippen LogP contribution in [0.15, 0.2) is 24.3 Å². The summed E-state index contributed by atoms with van der Waals surface area (Å²) in [6.45, 7) is 1.94.